The van der Waals surface area contributed by atoms with E-state index in [0.717, 1.165) is 16.8 Å². The number of anilines is 1. The minimum Gasteiger partial charge on any atom is -0.507 e. The van der Waals surface area contributed by atoms with Gasteiger partial charge in [0, 0.05) is 49.8 Å². The van der Waals surface area contributed by atoms with Crippen molar-refractivity contribution in [1.29, 1.82) is 5.41 Å². The average molecular weight is 580 g/mol. The van der Waals surface area contributed by atoms with Crippen LogP contribution < -0.4 is 4.90 Å². The number of nitrogens with zero attached hydrogens (tertiary/aromatic N) is 1. The number of carbonyl (C=O) groups is 1. The number of nitrogens with one attached hydrogen (secondary N) is 1. The molecule has 3 aromatic carbocycles. The van der Waals surface area contributed by atoms with E-state index < -0.39 is 5.92 Å². The van der Waals surface area contributed by atoms with Gasteiger partial charge in [0.2, 0.25) is 0 Å². The Labute approximate surface area is 244 Å². The highest BCUT2D eigenvalue weighted by Crippen LogP contribution is 2.53. The van der Waals surface area contributed by atoms with Gasteiger partial charge in [0.25, 0.3) is 0 Å². The monoisotopic (exact) mass is 578 g/mol. The Morgan fingerprint density at radius 2 is 1.67 bits per heavy atom. The fraction of sp³-hybridized carbons (Fsp3) is 0.250. The molecule has 1 aliphatic heterocycles. The number of aliphatic hydroxyl groups excluding tert-OH is 1. The van der Waals surface area contributed by atoms with E-state index in [1.807, 2.05) is 50.2 Å². The van der Waals surface area contributed by atoms with Crippen LogP contribution in [0.4, 0.5) is 5.69 Å². The van der Waals surface area contributed by atoms with E-state index in [1.54, 1.807) is 29.2 Å². The van der Waals surface area contributed by atoms with Crippen LogP contribution in [0.25, 0.3) is 5.76 Å². The molecule has 0 spiro atoms. The molecule has 0 radical (unpaired) electrons. The molecule has 7 heteroatoms. The first-order valence-electron chi connectivity index (χ1n) is 12.7. The number of hydrogen-bond donors (Lipinski definition) is 2. The van der Waals surface area contributed by atoms with Crippen molar-refractivity contribution in [3.05, 3.63) is 115 Å². The van der Waals surface area contributed by atoms with Crippen LogP contribution in [0.1, 0.15) is 54.9 Å². The topological polar surface area (TPSA) is 64.4 Å². The lowest BCUT2D eigenvalue weighted by Gasteiger charge is -2.45. The largest absolute Gasteiger partial charge is 0.507 e. The predicted octanol–water partition coefficient (Wildman–Crippen LogP) is 9.46. The number of halogens is 3. The van der Waals surface area contributed by atoms with Crippen molar-refractivity contribution < 1.29 is 9.90 Å². The molecule has 1 heterocycles. The maximum Gasteiger partial charge on any atom is 0.162 e. The summed E-state index contributed by atoms with van der Waals surface area (Å²) < 4.78 is 0. The van der Waals surface area contributed by atoms with Gasteiger partial charge in [-0.1, -0.05) is 90.6 Å². The SMILES string of the molecule is Cc1ccc(/C(O)=C2\C(=N)N(c3cccc(Cl)c3C)C3=C(C(=O)CC(C)(C)C3)[C@@H]2c2ccc(Cl)cc2Cl)cc1. The Bertz CT molecular complexity index is 1590. The summed E-state index contributed by atoms with van der Waals surface area (Å²) in [6.45, 7) is 7.98. The lowest BCUT2D eigenvalue weighted by atomic mass is 9.67. The fourth-order valence-electron chi connectivity index (χ4n) is 5.63. The summed E-state index contributed by atoms with van der Waals surface area (Å²) in [7, 11) is 0. The van der Waals surface area contributed by atoms with Gasteiger partial charge in [-0.15, -0.1) is 0 Å². The Hall–Kier alpha value is -3.05. The van der Waals surface area contributed by atoms with Crippen LogP contribution in [-0.2, 0) is 4.79 Å². The lowest BCUT2D eigenvalue weighted by molar-refractivity contribution is -0.118. The van der Waals surface area contributed by atoms with Gasteiger partial charge in [0.1, 0.15) is 11.6 Å². The molecule has 1 atom stereocenters. The quantitative estimate of drug-likeness (QED) is 0.304. The molecule has 2 aliphatic rings. The molecule has 0 fully saturated rings. The van der Waals surface area contributed by atoms with Gasteiger partial charge in [-0.3, -0.25) is 15.1 Å². The molecule has 0 aromatic heterocycles. The van der Waals surface area contributed by atoms with Gasteiger partial charge in [0.05, 0.1) is 5.69 Å². The number of hydrogen-bond acceptors (Lipinski definition) is 3. The maximum absolute atomic E-state index is 14.0. The zero-order valence-electron chi connectivity index (χ0n) is 22.2. The second kappa shape index (κ2) is 10.2. The Morgan fingerprint density at radius 3 is 2.33 bits per heavy atom. The second-order valence-corrected chi connectivity index (χ2v) is 12.3. The maximum atomic E-state index is 14.0. The summed E-state index contributed by atoms with van der Waals surface area (Å²) in [5.41, 5.74) is 4.91. The summed E-state index contributed by atoms with van der Waals surface area (Å²) in [5, 5.41) is 22.8. The zero-order valence-corrected chi connectivity index (χ0v) is 24.5. The normalized spacial score (nSPS) is 20.3. The minimum absolute atomic E-state index is 0.0383. The van der Waals surface area contributed by atoms with Gasteiger partial charge in [0.15, 0.2) is 5.78 Å². The zero-order chi connectivity index (χ0) is 28.2. The Balaban J connectivity index is 1.90. The van der Waals surface area contributed by atoms with Crippen molar-refractivity contribution in [2.45, 2.75) is 46.5 Å². The van der Waals surface area contributed by atoms with Crippen molar-refractivity contribution in [3.8, 4) is 0 Å². The summed E-state index contributed by atoms with van der Waals surface area (Å²) in [4.78, 5) is 15.8. The molecule has 0 unspecified atom stereocenters. The predicted molar refractivity (Wildman–Crippen MR) is 161 cm³/mol. The lowest BCUT2D eigenvalue weighted by Crippen LogP contribution is -2.45. The minimum atomic E-state index is -0.752. The number of amidine groups is 1. The standard InChI is InChI=1S/C32H29Cl3N2O2/c1-17-8-10-19(11-9-17)30(39)29-27(21-13-12-20(33)14-23(21)35)28-25(15-32(3,4)16-26(28)38)37(31(29)36)24-7-5-6-22(34)18(24)2/h5-14,27,36,39H,15-16H2,1-4H3/b30-29+,36-31?/t27-/m0/s1. The molecule has 3 aromatic rings. The van der Waals surface area contributed by atoms with Gasteiger partial charge in [-0.05, 0) is 61.1 Å². The number of allylic oxidation sites excluding steroid dienone is 2. The highest BCUT2D eigenvalue weighted by molar-refractivity contribution is 6.35. The van der Waals surface area contributed by atoms with Crippen LogP contribution in [0.3, 0.4) is 0 Å². The molecule has 0 saturated heterocycles. The molecule has 5 rings (SSSR count). The molecule has 0 amide bonds. The van der Waals surface area contributed by atoms with Gasteiger partial charge in [-0.2, -0.15) is 0 Å². The molecular weight excluding hydrogens is 551 g/mol. The van der Waals surface area contributed by atoms with Crippen LogP contribution in [0.15, 0.2) is 77.5 Å². The van der Waals surface area contributed by atoms with Crippen molar-refractivity contribution in [1.82, 2.24) is 0 Å². The first-order chi connectivity index (χ1) is 18.4. The van der Waals surface area contributed by atoms with Crippen LogP contribution in [0, 0.1) is 24.7 Å². The Kier molecular flexibility index (Phi) is 7.17. The second-order valence-electron chi connectivity index (χ2n) is 11.1. The van der Waals surface area contributed by atoms with Gasteiger partial charge >= 0.3 is 0 Å². The van der Waals surface area contributed by atoms with E-state index in [9.17, 15) is 15.3 Å². The highest BCUT2D eigenvalue weighted by atomic mass is 35.5. The van der Waals surface area contributed by atoms with Crippen molar-refractivity contribution >= 4 is 57.9 Å². The van der Waals surface area contributed by atoms with Crippen molar-refractivity contribution in [2.24, 2.45) is 5.41 Å². The third-order valence-corrected chi connectivity index (χ3v) is 8.53. The van der Waals surface area contributed by atoms with Crippen LogP contribution in [0.2, 0.25) is 15.1 Å². The van der Waals surface area contributed by atoms with E-state index >= 15 is 0 Å². The average Bonchev–Trinajstić information content (AvgIpc) is 2.85. The number of rotatable bonds is 3. The Morgan fingerprint density at radius 1 is 0.974 bits per heavy atom. The molecule has 39 heavy (non-hydrogen) atoms. The number of aliphatic hydroxyl groups is 1. The van der Waals surface area contributed by atoms with Gasteiger partial charge < -0.3 is 5.11 Å². The van der Waals surface area contributed by atoms with Crippen LogP contribution >= 0.6 is 34.8 Å². The molecule has 2 N–H and O–H groups in total. The molecule has 4 nitrogen and oxygen atoms in total. The summed E-state index contributed by atoms with van der Waals surface area (Å²) >= 11 is 19.5. The van der Waals surface area contributed by atoms with Crippen molar-refractivity contribution in [2.75, 3.05) is 4.90 Å². The molecule has 1 aliphatic carbocycles. The molecule has 0 bridgehead atoms. The number of benzene rings is 3. The number of carbonyl (C=O) groups excluding carboxylic acids is 1. The first kappa shape index (κ1) is 27.5. The highest BCUT2D eigenvalue weighted by Gasteiger charge is 2.47. The molecule has 200 valence electrons. The fourth-order valence-corrected chi connectivity index (χ4v) is 6.32. The summed E-state index contributed by atoms with van der Waals surface area (Å²) in [5.74, 6) is -0.801. The molecular formula is C32H29Cl3N2O2. The van der Waals surface area contributed by atoms with E-state index in [4.69, 9.17) is 34.8 Å². The third kappa shape index (κ3) is 4.91. The van der Waals surface area contributed by atoms with Crippen molar-refractivity contribution in [3.63, 3.8) is 0 Å². The van der Waals surface area contributed by atoms with E-state index in [-0.39, 0.29) is 22.8 Å². The number of Topliss-reactive ketones (excluding diaryl/α,β-unsaturated/α-hetero) is 1. The van der Waals surface area contributed by atoms with E-state index in [0.29, 0.717) is 55.9 Å². The smallest absolute Gasteiger partial charge is 0.162 e. The number of aryl methyl sites for hydroxylation is 1. The first-order valence-corrected chi connectivity index (χ1v) is 13.9. The molecule has 0 saturated carbocycles. The van der Waals surface area contributed by atoms with Gasteiger partial charge in [-0.25, -0.2) is 0 Å². The van der Waals surface area contributed by atoms with Crippen LogP contribution in [-0.4, -0.2) is 16.7 Å². The van der Waals surface area contributed by atoms with Crippen LogP contribution in [0.5, 0.6) is 0 Å². The van der Waals surface area contributed by atoms with E-state index in [1.165, 1.54) is 0 Å². The number of ketones is 1. The summed E-state index contributed by atoms with van der Waals surface area (Å²) in [6.07, 6.45) is 0.893. The summed E-state index contributed by atoms with van der Waals surface area (Å²) in [6, 6.07) is 18.1. The van der Waals surface area contributed by atoms with E-state index in [2.05, 4.69) is 13.8 Å². The third-order valence-electron chi connectivity index (χ3n) is 7.56.